The van der Waals surface area contributed by atoms with Crippen LogP contribution < -0.4 is 10.6 Å². The molecule has 1 fully saturated rings. The van der Waals surface area contributed by atoms with Crippen molar-refractivity contribution < 1.29 is 9.90 Å². The lowest BCUT2D eigenvalue weighted by molar-refractivity contribution is 0.0940. The van der Waals surface area contributed by atoms with Crippen LogP contribution in [-0.2, 0) is 0 Å². The van der Waals surface area contributed by atoms with Crippen LogP contribution in [0.15, 0.2) is 6.20 Å². The van der Waals surface area contributed by atoms with Crippen LogP contribution in [0.4, 0.5) is 0 Å². The summed E-state index contributed by atoms with van der Waals surface area (Å²) in [6, 6.07) is 0.332. The van der Waals surface area contributed by atoms with Gasteiger partial charge in [-0.25, -0.2) is 4.68 Å². The maximum atomic E-state index is 11.9. The highest BCUT2D eigenvalue weighted by atomic mass is 16.3. The Kier molecular flexibility index (Phi) is 5.49. The summed E-state index contributed by atoms with van der Waals surface area (Å²) in [6.45, 7) is 4.63. The molecule has 20 heavy (non-hydrogen) atoms. The van der Waals surface area contributed by atoms with Gasteiger partial charge in [-0.3, -0.25) is 4.79 Å². The predicted molar refractivity (Wildman–Crippen MR) is 74.4 cm³/mol. The smallest absolute Gasteiger partial charge is 0.273 e. The van der Waals surface area contributed by atoms with E-state index in [2.05, 4.69) is 20.9 Å². The van der Waals surface area contributed by atoms with Crippen molar-refractivity contribution in [2.45, 2.75) is 32.2 Å². The van der Waals surface area contributed by atoms with Gasteiger partial charge in [0.1, 0.15) is 0 Å². The van der Waals surface area contributed by atoms with E-state index in [1.165, 1.54) is 0 Å². The first-order chi connectivity index (χ1) is 9.70. The van der Waals surface area contributed by atoms with E-state index in [1.807, 2.05) is 6.92 Å². The molecule has 1 amide bonds. The number of amides is 1. The number of carbonyl (C=O) groups is 1. The molecule has 0 spiro atoms. The highest BCUT2D eigenvalue weighted by Gasteiger charge is 2.18. The summed E-state index contributed by atoms with van der Waals surface area (Å²) in [5, 5.41) is 23.0. The number of aliphatic hydroxyl groups excluding tert-OH is 1. The fourth-order valence-electron chi connectivity index (χ4n) is 2.31. The van der Waals surface area contributed by atoms with Gasteiger partial charge in [-0.2, -0.15) is 0 Å². The molecule has 0 aromatic carbocycles. The van der Waals surface area contributed by atoms with E-state index in [1.54, 1.807) is 10.9 Å². The first-order valence-corrected chi connectivity index (χ1v) is 7.22. The Labute approximate surface area is 118 Å². The van der Waals surface area contributed by atoms with Gasteiger partial charge in [-0.15, -0.1) is 5.10 Å². The molecular weight excluding hydrogens is 258 g/mol. The summed E-state index contributed by atoms with van der Waals surface area (Å²) < 4.78 is 1.80. The number of rotatable bonds is 6. The second kappa shape index (κ2) is 7.35. The third kappa shape index (κ3) is 4.01. The fourth-order valence-corrected chi connectivity index (χ4v) is 2.31. The van der Waals surface area contributed by atoms with Crippen molar-refractivity contribution >= 4 is 5.91 Å². The van der Waals surface area contributed by atoms with Crippen LogP contribution in [-0.4, -0.2) is 52.2 Å². The highest BCUT2D eigenvalue weighted by Crippen LogP contribution is 2.16. The van der Waals surface area contributed by atoms with Crippen LogP contribution in [0.5, 0.6) is 0 Å². The molecule has 7 heteroatoms. The van der Waals surface area contributed by atoms with Crippen LogP contribution in [0.25, 0.3) is 0 Å². The number of aromatic nitrogens is 3. The van der Waals surface area contributed by atoms with Crippen LogP contribution in [0, 0.1) is 5.92 Å². The van der Waals surface area contributed by atoms with Crippen LogP contribution >= 0.6 is 0 Å². The molecule has 112 valence electrons. The third-order valence-electron chi connectivity index (χ3n) is 3.66. The molecule has 2 heterocycles. The molecule has 0 bridgehead atoms. The first kappa shape index (κ1) is 14.9. The summed E-state index contributed by atoms with van der Waals surface area (Å²) in [7, 11) is 0. The van der Waals surface area contributed by atoms with Crippen molar-refractivity contribution in [2.24, 2.45) is 5.92 Å². The molecule has 1 aromatic heterocycles. The van der Waals surface area contributed by atoms with Crippen LogP contribution in [0.1, 0.15) is 42.7 Å². The lowest BCUT2D eigenvalue weighted by Crippen LogP contribution is -2.30. The Morgan fingerprint density at radius 2 is 2.35 bits per heavy atom. The molecule has 1 atom stereocenters. The average Bonchev–Trinajstić information content (AvgIpc) is 2.96. The number of nitrogens with zero attached hydrogens (tertiary/aromatic N) is 3. The minimum Gasteiger partial charge on any atom is -0.396 e. The van der Waals surface area contributed by atoms with E-state index in [0.717, 1.165) is 25.9 Å². The van der Waals surface area contributed by atoms with Gasteiger partial charge in [-0.1, -0.05) is 12.1 Å². The molecular formula is C13H23N5O2. The zero-order valence-corrected chi connectivity index (χ0v) is 11.9. The number of carbonyl (C=O) groups excluding carboxylic acids is 1. The molecule has 2 rings (SSSR count). The minimum atomic E-state index is -0.199. The topological polar surface area (TPSA) is 92.1 Å². The second-order valence-electron chi connectivity index (χ2n) is 5.39. The Bertz CT molecular complexity index is 428. The van der Waals surface area contributed by atoms with Crippen LogP contribution in [0.3, 0.4) is 0 Å². The zero-order chi connectivity index (χ0) is 14.4. The van der Waals surface area contributed by atoms with E-state index >= 15 is 0 Å². The molecule has 0 saturated carbocycles. The molecule has 1 aliphatic heterocycles. The Morgan fingerprint density at radius 1 is 1.60 bits per heavy atom. The van der Waals surface area contributed by atoms with Crippen molar-refractivity contribution in [3.63, 3.8) is 0 Å². The fraction of sp³-hybridized carbons (Fsp3) is 0.769. The predicted octanol–water partition coefficient (Wildman–Crippen LogP) is -0.0491. The standard InChI is InChI=1S/C13H23N5O2/c1-10(4-7-19)8-15-13(20)12-9-18(17-16-12)11-2-5-14-6-3-11/h9-11,14,19H,2-8H2,1H3,(H,15,20). The van der Waals surface area contributed by atoms with Gasteiger partial charge in [0.05, 0.1) is 12.2 Å². The molecule has 0 aliphatic carbocycles. The lowest BCUT2D eigenvalue weighted by atomic mass is 10.1. The molecule has 1 aromatic rings. The largest absolute Gasteiger partial charge is 0.396 e. The molecule has 1 unspecified atom stereocenters. The highest BCUT2D eigenvalue weighted by molar-refractivity contribution is 5.91. The zero-order valence-electron chi connectivity index (χ0n) is 11.9. The maximum Gasteiger partial charge on any atom is 0.273 e. The van der Waals surface area contributed by atoms with Crippen molar-refractivity contribution in [2.75, 3.05) is 26.2 Å². The number of aliphatic hydroxyl groups is 1. The summed E-state index contributed by atoms with van der Waals surface area (Å²) in [4.78, 5) is 11.9. The van der Waals surface area contributed by atoms with E-state index in [9.17, 15) is 4.79 Å². The van der Waals surface area contributed by atoms with Gasteiger partial charge >= 0.3 is 0 Å². The number of hydrogen-bond acceptors (Lipinski definition) is 5. The second-order valence-corrected chi connectivity index (χ2v) is 5.39. The van der Waals surface area contributed by atoms with Gasteiger partial charge in [0.25, 0.3) is 5.91 Å². The third-order valence-corrected chi connectivity index (χ3v) is 3.66. The van der Waals surface area contributed by atoms with Gasteiger partial charge < -0.3 is 15.7 Å². The number of nitrogens with one attached hydrogen (secondary N) is 2. The van der Waals surface area contributed by atoms with Crippen molar-refractivity contribution in [1.82, 2.24) is 25.6 Å². The molecule has 1 saturated heterocycles. The minimum absolute atomic E-state index is 0.142. The number of piperidine rings is 1. The van der Waals surface area contributed by atoms with E-state index in [-0.39, 0.29) is 18.4 Å². The van der Waals surface area contributed by atoms with Gasteiger partial charge in [-0.05, 0) is 38.3 Å². The quantitative estimate of drug-likeness (QED) is 0.680. The Morgan fingerprint density at radius 3 is 3.05 bits per heavy atom. The van der Waals surface area contributed by atoms with Gasteiger partial charge in [0, 0.05) is 13.2 Å². The molecule has 1 aliphatic rings. The van der Waals surface area contributed by atoms with Gasteiger partial charge in [0.15, 0.2) is 5.69 Å². The normalized spacial score (nSPS) is 17.9. The van der Waals surface area contributed by atoms with Gasteiger partial charge in [0.2, 0.25) is 0 Å². The summed E-state index contributed by atoms with van der Waals surface area (Å²) in [5.41, 5.74) is 0.361. The molecule has 0 radical (unpaired) electrons. The Balaban J connectivity index is 1.86. The summed E-state index contributed by atoms with van der Waals surface area (Å²) in [5.74, 6) is 0.0541. The van der Waals surface area contributed by atoms with Crippen LogP contribution in [0.2, 0.25) is 0 Å². The maximum absolute atomic E-state index is 11.9. The Hall–Kier alpha value is -1.47. The van der Waals surface area contributed by atoms with E-state index in [0.29, 0.717) is 24.7 Å². The molecule has 3 N–H and O–H groups in total. The van der Waals surface area contributed by atoms with E-state index in [4.69, 9.17) is 5.11 Å². The summed E-state index contributed by atoms with van der Waals surface area (Å²) in [6.07, 6.45) is 4.43. The molecule has 7 nitrogen and oxygen atoms in total. The average molecular weight is 281 g/mol. The van der Waals surface area contributed by atoms with Crippen molar-refractivity contribution in [1.29, 1.82) is 0 Å². The lowest BCUT2D eigenvalue weighted by Gasteiger charge is -2.22. The van der Waals surface area contributed by atoms with Crippen molar-refractivity contribution in [3.8, 4) is 0 Å². The number of hydrogen-bond donors (Lipinski definition) is 3. The summed E-state index contributed by atoms with van der Waals surface area (Å²) >= 11 is 0. The van der Waals surface area contributed by atoms with E-state index < -0.39 is 0 Å². The van der Waals surface area contributed by atoms with Crippen molar-refractivity contribution in [3.05, 3.63) is 11.9 Å². The monoisotopic (exact) mass is 281 g/mol. The first-order valence-electron chi connectivity index (χ1n) is 7.22. The SMILES string of the molecule is CC(CCO)CNC(=O)c1cn(C2CCNCC2)nn1.